The predicted octanol–water partition coefficient (Wildman–Crippen LogP) is 3.53. The monoisotopic (exact) mass is 404 g/mol. The second kappa shape index (κ2) is 8.14. The molecule has 9 heteroatoms. The first-order chi connectivity index (χ1) is 11.6. The van der Waals surface area contributed by atoms with Crippen LogP contribution in [0.4, 0.5) is 10.1 Å². The number of benzene rings is 2. The van der Waals surface area contributed by atoms with E-state index in [9.17, 15) is 17.6 Å². The molecule has 0 fully saturated rings. The van der Waals surface area contributed by atoms with Crippen molar-refractivity contribution in [3.05, 3.63) is 63.9 Å². The fourth-order valence-corrected chi connectivity index (χ4v) is 3.11. The number of hydrogen-bond acceptors (Lipinski definition) is 3. The Hall–Kier alpha value is -1.67. The van der Waals surface area contributed by atoms with Gasteiger partial charge in [-0.25, -0.2) is 12.8 Å². The zero-order chi connectivity index (χ0) is 18.6. The summed E-state index contributed by atoms with van der Waals surface area (Å²) in [5.41, 5.74) is 0.825. The van der Waals surface area contributed by atoms with Crippen LogP contribution >= 0.6 is 23.2 Å². The summed E-state index contributed by atoms with van der Waals surface area (Å²) < 4.78 is 38.0. The van der Waals surface area contributed by atoms with E-state index in [0.29, 0.717) is 10.6 Å². The van der Waals surface area contributed by atoms with Crippen LogP contribution in [-0.2, 0) is 21.4 Å². The minimum absolute atomic E-state index is 0.0493. The van der Waals surface area contributed by atoms with Crippen LogP contribution in [0, 0.1) is 5.82 Å². The van der Waals surface area contributed by atoms with Gasteiger partial charge in [-0.05, 0) is 35.9 Å². The molecule has 0 atom stereocenters. The molecular weight excluding hydrogens is 390 g/mol. The number of anilines is 1. The van der Waals surface area contributed by atoms with Crippen LogP contribution in [-0.4, -0.2) is 31.4 Å². The molecule has 0 radical (unpaired) electrons. The van der Waals surface area contributed by atoms with Crippen molar-refractivity contribution < 1.29 is 17.6 Å². The smallest absolute Gasteiger partial charge is 0.239 e. The van der Waals surface area contributed by atoms with Crippen molar-refractivity contribution in [1.29, 1.82) is 0 Å². The lowest BCUT2D eigenvalue weighted by Crippen LogP contribution is -2.36. The molecule has 1 N–H and O–H groups in total. The topological polar surface area (TPSA) is 66.5 Å². The Morgan fingerprint density at radius 3 is 2.48 bits per heavy atom. The Morgan fingerprint density at radius 2 is 1.88 bits per heavy atom. The lowest BCUT2D eigenvalue weighted by atomic mass is 10.2. The first kappa shape index (κ1) is 19.7. The highest BCUT2D eigenvalue weighted by atomic mass is 35.5. The van der Waals surface area contributed by atoms with Gasteiger partial charge in [0.2, 0.25) is 15.9 Å². The summed E-state index contributed by atoms with van der Waals surface area (Å²) in [7, 11) is -3.66. The summed E-state index contributed by atoms with van der Waals surface area (Å²) in [5, 5.41) is 3.10. The normalized spacial score (nSPS) is 11.6. The van der Waals surface area contributed by atoms with Gasteiger partial charge in [0.1, 0.15) is 5.82 Å². The first-order valence-electron chi connectivity index (χ1n) is 7.09. The van der Waals surface area contributed by atoms with Gasteiger partial charge in [0, 0.05) is 12.2 Å². The molecule has 0 saturated carbocycles. The van der Waals surface area contributed by atoms with Gasteiger partial charge in [0.25, 0.3) is 0 Å². The van der Waals surface area contributed by atoms with Gasteiger partial charge < -0.3 is 5.32 Å². The van der Waals surface area contributed by atoms with Crippen LogP contribution in [0.2, 0.25) is 10.0 Å². The molecule has 0 bridgehead atoms. The maximum atomic E-state index is 13.1. The number of carbonyl (C=O) groups excluding carboxylic acids is 1. The van der Waals surface area contributed by atoms with Gasteiger partial charge in [-0.3, -0.25) is 4.79 Å². The lowest BCUT2D eigenvalue weighted by molar-refractivity contribution is -0.116. The summed E-state index contributed by atoms with van der Waals surface area (Å²) in [6.07, 6.45) is 1.000. The molecule has 0 heterocycles. The molecule has 0 aliphatic heterocycles. The highest BCUT2D eigenvalue weighted by Gasteiger charge is 2.21. The van der Waals surface area contributed by atoms with Gasteiger partial charge in [-0.1, -0.05) is 35.3 Å². The number of halogens is 3. The fraction of sp³-hybridized carbons (Fsp3) is 0.188. The third-order valence-corrected chi connectivity index (χ3v) is 5.18. The minimum atomic E-state index is -3.66. The number of amides is 1. The number of hydrogen-bond donors (Lipinski definition) is 1. The number of nitrogens with one attached hydrogen (secondary N) is 1. The summed E-state index contributed by atoms with van der Waals surface area (Å²) in [6.45, 7) is -0.470. The highest BCUT2D eigenvalue weighted by molar-refractivity contribution is 7.88. The van der Waals surface area contributed by atoms with Crippen LogP contribution in [0.5, 0.6) is 0 Å². The molecule has 1 amide bonds. The number of nitrogens with zero attached hydrogens (tertiary/aromatic N) is 1. The average molecular weight is 405 g/mol. The van der Waals surface area contributed by atoms with E-state index >= 15 is 0 Å². The van der Waals surface area contributed by atoms with Crippen molar-refractivity contribution >= 4 is 44.8 Å². The molecule has 25 heavy (non-hydrogen) atoms. The summed E-state index contributed by atoms with van der Waals surface area (Å²) >= 11 is 11.8. The Bertz CT molecular complexity index is 891. The number of sulfonamides is 1. The maximum absolute atomic E-state index is 13.1. The molecule has 0 unspecified atom stereocenters. The first-order valence-corrected chi connectivity index (χ1v) is 9.70. The molecule has 0 aromatic heterocycles. The van der Waals surface area contributed by atoms with Crippen molar-refractivity contribution in [3.63, 3.8) is 0 Å². The molecule has 0 saturated heterocycles. The lowest BCUT2D eigenvalue weighted by Gasteiger charge is -2.20. The van der Waals surface area contributed by atoms with E-state index in [2.05, 4.69) is 5.32 Å². The minimum Gasteiger partial charge on any atom is -0.325 e. The van der Waals surface area contributed by atoms with Crippen molar-refractivity contribution in [2.45, 2.75) is 6.54 Å². The van der Waals surface area contributed by atoms with E-state index in [-0.39, 0.29) is 17.3 Å². The van der Waals surface area contributed by atoms with Crippen LogP contribution in [0.1, 0.15) is 5.56 Å². The third-order valence-electron chi connectivity index (χ3n) is 3.24. The van der Waals surface area contributed by atoms with E-state index in [4.69, 9.17) is 23.2 Å². The SMILES string of the molecule is CS(=O)(=O)N(CC(=O)Nc1cccc(F)c1)Cc1ccc(Cl)c(Cl)c1. The Labute approximate surface area is 155 Å². The van der Waals surface area contributed by atoms with Crippen molar-refractivity contribution in [2.75, 3.05) is 18.1 Å². The number of rotatable bonds is 6. The van der Waals surface area contributed by atoms with E-state index < -0.39 is 28.3 Å². The van der Waals surface area contributed by atoms with Crippen LogP contribution < -0.4 is 5.32 Å². The average Bonchev–Trinajstić information content (AvgIpc) is 2.49. The molecular formula is C16H15Cl2FN2O3S. The fourth-order valence-electron chi connectivity index (χ4n) is 2.06. The second-order valence-electron chi connectivity index (χ2n) is 5.34. The molecule has 0 spiro atoms. The summed E-state index contributed by atoms with van der Waals surface area (Å²) in [6, 6.07) is 10.0. The molecule has 0 aliphatic carbocycles. The van der Waals surface area contributed by atoms with Crippen molar-refractivity contribution in [2.24, 2.45) is 0 Å². The molecule has 2 rings (SSSR count). The van der Waals surface area contributed by atoms with Gasteiger partial charge in [-0.2, -0.15) is 4.31 Å². The zero-order valence-corrected chi connectivity index (χ0v) is 15.5. The Balaban J connectivity index is 2.12. The largest absolute Gasteiger partial charge is 0.325 e. The summed E-state index contributed by atoms with van der Waals surface area (Å²) in [4.78, 5) is 12.1. The molecule has 2 aromatic rings. The molecule has 134 valence electrons. The van der Waals surface area contributed by atoms with Gasteiger partial charge in [-0.15, -0.1) is 0 Å². The highest BCUT2D eigenvalue weighted by Crippen LogP contribution is 2.23. The van der Waals surface area contributed by atoms with Gasteiger partial charge >= 0.3 is 0 Å². The third kappa shape index (κ3) is 5.97. The second-order valence-corrected chi connectivity index (χ2v) is 8.13. The van der Waals surface area contributed by atoms with Gasteiger partial charge in [0.05, 0.1) is 22.8 Å². The Morgan fingerprint density at radius 1 is 1.16 bits per heavy atom. The quantitative estimate of drug-likeness (QED) is 0.800. The summed E-state index contributed by atoms with van der Waals surface area (Å²) in [5.74, 6) is -1.09. The van der Waals surface area contributed by atoms with Crippen LogP contribution in [0.15, 0.2) is 42.5 Å². The molecule has 5 nitrogen and oxygen atoms in total. The molecule has 0 aliphatic rings. The predicted molar refractivity (Wildman–Crippen MR) is 96.7 cm³/mol. The van der Waals surface area contributed by atoms with E-state index in [0.717, 1.165) is 16.6 Å². The Kier molecular flexibility index (Phi) is 6.40. The molecule has 2 aromatic carbocycles. The van der Waals surface area contributed by atoms with E-state index in [1.165, 1.54) is 24.3 Å². The van der Waals surface area contributed by atoms with Gasteiger partial charge in [0.15, 0.2) is 0 Å². The number of carbonyl (C=O) groups is 1. The van der Waals surface area contributed by atoms with Crippen molar-refractivity contribution in [1.82, 2.24) is 4.31 Å². The van der Waals surface area contributed by atoms with Crippen molar-refractivity contribution in [3.8, 4) is 0 Å². The maximum Gasteiger partial charge on any atom is 0.239 e. The van der Waals surface area contributed by atoms with E-state index in [1.807, 2.05) is 0 Å². The van der Waals surface area contributed by atoms with Crippen LogP contribution in [0.25, 0.3) is 0 Å². The van der Waals surface area contributed by atoms with Crippen LogP contribution in [0.3, 0.4) is 0 Å². The standard InChI is InChI=1S/C16H15Cl2FN2O3S/c1-25(23,24)21(9-11-5-6-14(17)15(18)7-11)10-16(22)20-13-4-2-3-12(19)8-13/h2-8H,9-10H2,1H3,(H,20,22). The van der Waals surface area contributed by atoms with E-state index in [1.54, 1.807) is 12.1 Å². The zero-order valence-electron chi connectivity index (χ0n) is 13.2.